The summed E-state index contributed by atoms with van der Waals surface area (Å²) in [4.78, 5) is 28.8. The lowest BCUT2D eigenvalue weighted by Gasteiger charge is -2.22. The number of carbonyl (C=O) groups is 2. The lowest BCUT2D eigenvalue weighted by molar-refractivity contribution is -0.131. The van der Waals surface area contributed by atoms with Crippen LogP contribution in [0.1, 0.15) is 55.1 Å². The number of hydrogen-bond donors (Lipinski definition) is 0. The smallest absolute Gasteiger partial charge is 0.256 e. The van der Waals surface area contributed by atoms with Crippen molar-refractivity contribution in [2.24, 2.45) is 0 Å². The molecule has 3 rings (SSSR count). The van der Waals surface area contributed by atoms with E-state index in [0.717, 1.165) is 5.56 Å². The number of nitrogens with zero attached hydrogens (tertiary/aromatic N) is 2. The number of amides is 2. The van der Waals surface area contributed by atoms with E-state index in [2.05, 4.69) is 45.0 Å². The summed E-state index contributed by atoms with van der Waals surface area (Å²) >= 11 is 0. The Morgan fingerprint density at radius 2 is 1.53 bits per heavy atom. The van der Waals surface area contributed by atoms with E-state index in [9.17, 15) is 14.0 Å². The van der Waals surface area contributed by atoms with Crippen LogP contribution >= 0.6 is 0 Å². The van der Waals surface area contributed by atoms with Gasteiger partial charge in [-0.15, -0.1) is 0 Å². The van der Waals surface area contributed by atoms with Gasteiger partial charge in [0.25, 0.3) is 5.91 Å². The fourth-order valence-corrected chi connectivity index (χ4v) is 3.76. The number of rotatable bonds is 4. The maximum atomic E-state index is 13.9. The summed E-state index contributed by atoms with van der Waals surface area (Å²) in [5, 5.41) is 0. The van der Waals surface area contributed by atoms with E-state index in [1.807, 2.05) is 4.90 Å². The highest BCUT2D eigenvalue weighted by Gasteiger charge is 2.24. The second-order valence-electron chi connectivity index (χ2n) is 8.95. The molecule has 0 bridgehead atoms. The number of carbonyl (C=O) groups excluding carboxylic acids is 2. The van der Waals surface area contributed by atoms with Gasteiger partial charge in [0, 0.05) is 32.6 Å². The molecular formula is C25H31FN2O2. The third-order valence-corrected chi connectivity index (χ3v) is 5.69. The zero-order chi connectivity index (χ0) is 21.7. The van der Waals surface area contributed by atoms with Crippen LogP contribution < -0.4 is 0 Å². The summed E-state index contributed by atoms with van der Waals surface area (Å²) in [6.45, 7) is 8.64. The normalized spacial score (nSPS) is 15.1. The topological polar surface area (TPSA) is 40.6 Å². The highest BCUT2D eigenvalue weighted by molar-refractivity contribution is 5.94. The Morgan fingerprint density at radius 3 is 2.20 bits per heavy atom. The molecule has 0 radical (unpaired) electrons. The van der Waals surface area contributed by atoms with Crippen molar-refractivity contribution in [3.63, 3.8) is 0 Å². The summed E-state index contributed by atoms with van der Waals surface area (Å²) in [5.74, 6) is -0.700. The van der Waals surface area contributed by atoms with Crippen molar-refractivity contribution in [2.45, 2.75) is 45.4 Å². The molecule has 0 saturated carbocycles. The van der Waals surface area contributed by atoms with Crippen molar-refractivity contribution in [3.05, 3.63) is 71.0 Å². The van der Waals surface area contributed by atoms with E-state index in [4.69, 9.17) is 0 Å². The first-order valence-electron chi connectivity index (χ1n) is 10.7. The van der Waals surface area contributed by atoms with Crippen LogP contribution in [0.5, 0.6) is 0 Å². The highest BCUT2D eigenvalue weighted by atomic mass is 19.1. The first kappa shape index (κ1) is 22.0. The molecular weight excluding hydrogens is 379 g/mol. The van der Waals surface area contributed by atoms with Gasteiger partial charge in [-0.25, -0.2) is 4.39 Å². The van der Waals surface area contributed by atoms with Crippen molar-refractivity contribution >= 4 is 11.8 Å². The Hall–Kier alpha value is -2.69. The first-order valence-corrected chi connectivity index (χ1v) is 10.7. The molecule has 1 saturated heterocycles. The molecule has 2 aromatic carbocycles. The standard InChI is InChI=1S/C25H31FN2O2/c1-25(2,3)20-12-9-19(10-13-20)11-14-23(29)27-15-6-16-28(18-17-27)24(30)21-7-4-5-8-22(21)26/h4-5,7-10,12-13H,6,11,14-18H2,1-3H3. The van der Waals surface area contributed by atoms with Gasteiger partial charge in [0.1, 0.15) is 5.82 Å². The van der Waals surface area contributed by atoms with E-state index < -0.39 is 5.82 Å². The third kappa shape index (κ3) is 5.47. The minimum Gasteiger partial charge on any atom is -0.341 e. The largest absolute Gasteiger partial charge is 0.341 e. The van der Waals surface area contributed by atoms with Crippen molar-refractivity contribution < 1.29 is 14.0 Å². The fourth-order valence-electron chi connectivity index (χ4n) is 3.76. The van der Waals surface area contributed by atoms with E-state index in [0.29, 0.717) is 45.4 Å². The van der Waals surface area contributed by atoms with Crippen LogP contribution in [0.15, 0.2) is 48.5 Å². The maximum absolute atomic E-state index is 13.9. The summed E-state index contributed by atoms with van der Waals surface area (Å²) in [7, 11) is 0. The molecule has 2 amide bonds. The predicted molar refractivity (Wildman–Crippen MR) is 117 cm³/mol. The number of halogens is 1. The lowest BCUT2D eigenvalue weighted by atomic mass is 9.86. The Labute approximate surface area is 178 Å². The van der Waals surface area contributed by atoms with Crippen LogP contribution in [0.25, 0.3) is 0 Å². The molecule has 5 heteroatoms. The second-order valence-corrected chi connectivity index (χ2v) is 8.95. The predicted octanol–water partition coefficient (Wildman–Crippen LogP) is 4.43. The van der Waals surface area contributed by atoms with Gasteiger partial charge in [-0.3, -0.25) is 9.59 Å². The third-order valence-electron chi connectivity index (χ3n) is 5.69. The summed E-state index contributed by atoms with van der Waals surface area (Å²) in [6, 6.07) is 14.5. The van der Waals surface area contributed by atoms with E-state index >= 15 is 0 Å². The van der Waals surface area contributed by atoms with Crippen LogP contribution in [-0.2, 0) is 16.6 Å². The SMILES string of the molecule is CC(C)(C)c1ccc(CCC(=O)N2CCCN(C(=O)c3ccccc3F)CC2)cc1. The zero-order valence-corrected chi connectivity index (χ0v) is 18.2. The molecule has 1 fully saturated rings. The number of hydrogen-bond acceptors (Lipinski definition) is 2. The molecule has 0 unspecified atom stereocenters. The molecule has 30 heavy (non-hydrogen) atoms. The monoisotopic (exact) mass is 410 g/mol. The maximum Gasteiger partial charge on any atom is 0.256 e. The van der Waals surface area contributed by atoms with E-state index in [1.54, 1.807) is 17.0 Å². The second kappa shape index (κ2) is 9.41. The summed E-state index contributed by atoms with van der Waals surface area (Å²) in [6.07, 6.45) is 1.86. The minimum absolute atomic E-state index is 0.0935. The van der Waals surface area contributed by atoms with Gasteiger partial charge in [-0.1, -0.05) is 57.2 Å². The molecule has 1 aliphatic heterocycles. The fraction of sp³-hybridized carbons (Fsp3) is 0.440. The summed E-state index contributed by atoms with van der Waals surface area (Å²) in [5.41, 5.74) is 2.65. The van der Waals surface area contributed by atoms with Gasteiger partial charge in [-0.2, -0.15) is 0 Å². The Bertz CT molecular complexity index is 887. The Kier molecular flexibility index (Phi) is 6.91. The van der Waals surface area contributed by atoms with E-state index in [1.165, 1.54) is 17.7 Å². The highest BCUT2D eigenvalue weighted by Crippen LogP contribution is 2.22. The molecule has 2 aromatic rings. The molecule has 4 nitrogen and oxygen atoms in total. The first-order chi connectivity index (χ1) is 14.3. The van der Waals surface area contributed by atoms with Crippen LogP contribution in [0.4, 0.5) is 4.39 Å². The molecule has 0 aliphatic carbocycles. The van der Waals surface area contributed by atoms with Gasteiger partial charge >= 0.3 is 0 Å². The molecule has 0 atom stereocenters. The van der Waals surface area contributed by atoms with Gasteiger partial charge in [0.2, 0.25) is 5.91 Å². The van der Waals surface area contributed by atoms with Crippen LogP contribution in [-0.4, -0.2) is 47.8 Å². The molecule has 160 valence electrons. The quantitative estimate of drug-likeness (QED) is 0.748. The Morgan fingerprint density at radius 1 is 0.900 bits per heavy atom. The molecule has 0 spiro atoms. The van der Waals surface area contributed by atoms with Gasteiger partial charge in [0.15, 0.2) is 0 Å². The lowest BCUT2D eigenvalue weighted by Crippen LogP contribution is -2.37. The van der Waals surface area contributed by atoms with Gasteiger partial charge in [-0.05, 0) is 41.5 Å². The van der Waals surface area contributed by atoms with Crippen LogP contribution in [0.3, 0.4) is 0 Å². The van der Waals surface area contributed by atoms with Crippen LogP contribution in [0, 0.1) is 5.82 Å². The van der Waals surface area contributed by atoms with Crippen molar-refractivity contribution in [3.8, 4) is 0 Å². The zero-order valence-electron chi connectivity index (χ0n) is 18.2. The molecule has 0 aromatic heterocycles. The van der Waals surface area contributed by atoms with Crippen molar-refractivity contribution in [2.75, 3.05) is 26.2 Å². The summed E-state index contributed by atoms with van der Waals surface area (Å²) < 4.78 is 13.9. The van der Waals surface area contributed by atoms with E-state index in [-0.39, 0.29) is 22.8 Å². The average molecular weight is 411 g/mol. The van der Waals surface area contributed by atoms with Crippen molar-refractivity contribution in [1.29, 1.82) is 0 Å². The average Bonchev–Trinajstić information content (AvgIpc) is 2.98. The Balaban J connectivity index is 1.53. The molecule has 0 N–H and O–H groups in total. The molecule has 1 heterocycles. The van der Waals surface area contributed by atoms with Crippen LogP contribution in [0.2, 0.25) is 0 Å². The minimum atomic E-state index is -0.503. The number of benzene rings is 2. The van der Waals surface area contributed by atoms with Gasteiger partial charge < -0.3 is 9.80 Å². The number of aryl methyl sites for hydroxylation is 1. The van der Waals surface area contributed by atoms with Crippen molar-refractivity contribution in [1.82, 2.24) is 9.80 Å². The molecule has 1 aliphatic rings. The van der Waals surface area contributed by atoms with Gasteiger partial charge in [0.05, 0.1) is 5.56 Å².